The third-order valence-electron chi connectivity index (χ3n) is 3.74. The van der Waals surface area contributed by atoms with E-state index in [1.54, 1.807) is 0 Å². The third-order valence-corrected chi connectivity index (χ3v) is 3.74. The average molecular weight is 256 g/mol. The summed E-state index contributed by atoms with van der Waals surface area (Å²) in [4.78, 5) is 14.3. The van der Waals surface area contributed by atoms with Crippen LogP contribution in [0.2, 0.25) is 0 Å². The van der Waals surface area contributed by atoms with Crippen molar-refractivity contribution < 1.29 is 14.3 Å². The summed E-state index contributed by atoms with van der Waals surface area (Å²) in [5.74, 6) is 0.676. The summed E-state index contributed by atoms with van der Waals surface area (Å²) in [7, 11) is 0. The lowest BCUT2D eigenvalue weighted by Gasteiger charge is -2.32. The van der Waals surface area contributed by atoms with Crippen LogP contribution in [0.5, 0.6) is 0 Å². The normalized spacial score (nSPS) is 32.8. The van der Waals surface area contributed by atoms with Gasteiger partial charge in [0.25, 0.3) is 0 Å². The highest BCUT2D eigenvalue weighted by atomic mass is 16.5. The number of hydrogen-bond acceptors (Lipinski definition) is 4. The van der Waals surface area contributed by atoms with Gasteiger partial charge in [-0.15, -0.1) is 0 Å². The van der Waals surface area contributed by atoms with Crippen LogP contribution >= 0.6 is 0 Å². The lowest BCUT2D eigenvalue weighted by molar-refractivity contribution is -0.138. The Balaban J connectivity index is 1.82. The van der Waals surface area contributed by atoms with Crippen molar-refractivity contribution in [2.75, 3.05) is 39.5 Å². The molecule has 0 bridgehead atoms. The maximum Gasteiger partial charge on any atom is 0.242 e. The van der Waals surface area contributed by atoms with Crippen LogP contribution in [-0.4, -0.2) is 62.4 Å². The first kappa shape index (κ1) is 13.8. The fraction of sp³-hybridized carbons (Fsp3) is 0.923. The first-order chi connectivity index (χ1) is 8.72. The zero-order valence-corrected chi connectivity index (χ0v) is 11.4. The molecule has 2 heterocycles. The largest absolute Gasteiger partial charge is 0.381 e. The molecule has 0 aromatic rings. The lowest BCUT2D eigenvalue weighted by Crippen LogP contribution is -2.56. The van der Waals surface area contributed by atoms with E-state index in [1.807, 2.05) is 18.7 Å². The Morgan fingerprint density at radius 3 is 3.11 bits per heavy atom. The zero-order valence-electron chi connectivity index (χ0n) is 11.4. The summed E-state index contributed by atoms with van der Waals surface area (Å²) in [6.07, 6.45) is 1.02. The van der Waals surface area contributed by atoms with Crippen LogP contribution in [0.1, 0.15) is 20.3 Å². The SMILES string of the molecule is CCOCC1CCN(C(=O)[C@H]2NCCO[C@@H]2C)C1. The molecule has 0 spiro atoms. The van der Waals surface area contributed by atoms with E-state index in [1.165, 1.54) is 0 Å². The Morgan fingerprint density at radius 1 is 1.56 bits per heavy atom. The molecule has 1 unspecified atom stereocenters. The van der Waals surface area contributed by atoms with Crippen LogP contribution in [0.15, 0.2) is 0 Å². The second-order valence-electron chi connectivity index (χ2n) is 5.11. The van der Waals surface area contributed by atoms with Crippen LogP contribution in [0.3, 0.4) is 0 Å². The van der Waals surface area contributed by atoms with E-state index in [0.717, 1.165) is 39.3 Å². The summed E-state index contributed by atoms with van der Waals surface area (Å²) < 4.78 is 11.0. The Hall–Kier alpha value is -0.650. The molecular weight excluding hydrogens is 232 g/mol. The monoisotopic (exact) mass is 256 g/mol. The predicted molar refractivity (Wildman–Crippen MR) is 68.4 cm³/mol. The van der Waals surface area contributed by atoms with Crippen molar-refractivity contribution >= 4 is 5.91 Å². The van der Waals surface area contributed by atoms with Gasteiger partial charge in [-0.25, -0.2) is 0 Å². The molecule has 18 heavy (non-hydrogen) atoms. The first-order valence-corrected chi connectivity index (χ1v) is 6.94. The molecular formula is C13H24N2O3. The van der Waals surface area contributed by atoms with Crippen molar-refractivity contribution in [1.82, 2.24) is 10.2 Å². The molecule has 0 radical (unpaired) electrons. The van der Waals surface area contributed by atoms with Gasteiger partial charge in [0, 0.05) is 32.2 Å². The summed E-state index contributed by atoms with van der Waals surface area (Å²) in [5.41, 5.74) is 0. The average Bonchev–Trinajstić information content (AvgIpc) is 2.85. The number of nitrogens with one attached hydrogen (secondary N) is 1. The Kier molecular flexibility index (Phi) is 4.97. The highest BCUT2D eigenvalue weighted by Crippen LogP contribution is 2.19. The van der Waals surface area contributed by atoms with E-state index < -0.39 is 0 Å². The summed E-state index contributed by atoms with van der Waals surface area (Å²) in [5, 5.41) is 3.26. The molecule has 0 saturated carbocycles. The molecule has 2 fully saturated rings. The maximum atomic E-state index is 12.4. The topological polar surface area (TPSA) is 50.8 Å². The summed E-state index contributed by atoms with van der Waals surface area (Å²) in [6, 6.07) is -0.176. The molecule has 1 N–H and O–H groups in total. The minimum Gasteiger partial charge on any atom is -0.381 e. The molecule has 5 nitrogen and oxygen atoms in total. The van der Waals surface area contributed by atoms with Gasteiger partial charge in [0.05, 0.1) is 19.3 Å². The number of ether oxygens (including phenoxy) is 2. The number of nitrogens with zero attached hydrogens (tertiary/aromatic N) is 1. The quantitative estimate of drug-likeness (QED) is 0.783. The molecule has 0 aliphatic carbocycles. The summed E-state index contributed by atoms with van der Waals surface area (Å²) in [6.45, 7) is 8.61. The minimum absolute atomic E-state index is 0.0304. The fourth-order valence-corrected chi connectivity index (χ4v) is 2.66. The summed E-state index contributed by atoms with van der Waals surface area (Å²) >= 11 is 0. The van der Waals surface area contributed by atoms with Crippen molar-refractivity contribution in [3.8, 4) is 0 Å². The van der Waals surface area contributed by atoms with Crippen molar-refractivity contribution in [3.63, 3.8) is 0 Å². The lowest BCUT2D eigenvalue weighted by atomic mass is 10.1. The van der Waals surface area contributed by atoms with Gasteiger partial charge in [0.15, 0.2) is 0 Å². The number of morpholine rings is 1. The number of carbonyl (C=O) groups excluding carboxylic acids is 1. The van der Waals surface area contributed by atoms with Gasteiger partial charge in [0.2, 0.25) is 5.91 Å². The molecule has 1 amide bonds. The second-order valence-corrected chi connectivity index (χ2v) is 5.11. The minimum atomic E-state index is -0.176. The molecule has 104 valence electrons. The molecule has 0 aromatic heterocycles. The van der Waals surface area contributed by atoms with Crippen LogP contribution in [0.25, 0.3) is 0 Å². The van der Waals surface area contributed by atoms with Crippen molar-refractivity contribution in [3.05, 3.63) is 0 Å². The van der Waals surface area contributed by atoms with Gasteiger partial charge in [-0.1, -0.05) is 0 Å². The van der Waals surface area contributed by atoms with Crippen molar-refractivity contribution in [1.29, 1.82) is 0 Å². The molecule has 2 saturated heterocycles. The van der Waals surface area contributed by atoms with Gasteiger partial charge < -0.3 is 19.7 Å². The number of likely N-dealkylation sites (tertiary alicyclic amines) is 1. The maximum absolute atomic E-state index is 12.4. The second kappa shape index (κ2) is 6.50. The standard InChI is InChI=1S/C13H24N2O3/c1-3-17-9-11-4-6-15(8-11)13(16)12-10(2)18-7-5-14-12/h10-12,14H,3-9H2,1-2H3/t10-,11?,12+/m1/s1. The number of carbonyl (C=O) groups is 1. The number of hydrogen-bond donors (Lipinski definition) is 1. The van der Waals surface area contributed by atoms with E-state index in [9.17, 15) is 4.79 Å². The van der Waals surface area contributed by atoms with Crippen molar-refractivity contribution in [2.45, 2.75) is 32.4 Å². The predicted octanol–water partition coefficient (Wildman–Crippen LogP) is 0.248. The molecule has 2 aliphatic heterocycles. The highest BCUT2D eigenvalue weighted by Gasteiger charge is 2.35. The molecule has 2 rings (SSSR count). The van der Waals surface area contributed by atoms with Gasteiger partial charge >= 0.3 is 0 Å². The zero-order chi connectivity index (χ0) is 13.0. The first-order valence-electron chi connectivity index (χ1n) is 6.94. The third kappa shape index (κ3) is 3.22. The van der Waals surface area contributed by atoms with Crippen LogP contribution in [0, 0.1) is 5.92 Å². The highest BCUT2D eigenvalue weighted by molar-refractivity contribution is 5.82. The Bertz CT molecular complexity index is 285. The van der Waals surface area contributed by atoms with E-state index in [-0.39, 0.29) is 18.1 Å². The number of rotatable bonds is 4. The van der Waals surface area contributed by atoms with E-state index >= 15 is 0 Å². The Labute approximate surface area is 109 Å². The van der Waals surface area contributed by atoms with Gasteiger partial charge in [-0.2, -0.15) is 0 Å². The molecule has 0 aromatic carbocycles. The van der Waals surface area contributed by atoms with E-state index in [2.05, 4.69) is 5.32 Å². The Morgan fingerprint density at radius 2 is 2.39 bits per heavy atom. The molecule has 3 atom stereocenters. The molecule has 2 aliphatic rings. The van der Waals surface area contributed by atoms with Crippen LogP contribution < -0.4 is 5.32 Å². The smallest absolute Gasteiger partial charge is 0.242 e. The number of amides is 1. The van der Waals surface area contributed by atoms with E-state index in [0.29, 0.717) is 12.5 Å². The van der Waals surface area contributed by atoms with Gasteiger partial charge in [0.1, 0.15) is 6.04 Å². The molecule has 5 heteroatoms. The van der Waals surface area contributed by atoms with Gasteiger partial charge in [-0.3, -0.25) is 4.79 Å². The van der Waals surface area contributed by atoms with Crippen LogP contribution in [-0.2, 0) is 14.3 Å². The van der Waals surface area contributed by atoms with Gasteiger partial charge in [-0.05, 0) is 20.3 Å². The van der Waals surface area contributed by atoms with E-state index in [4.69, 9.17) is 9.47 Å². The van der Waals surface area contributed by atoms with Crippen LogP contribution in [0.4, 0.5) is 0 Å². The van der Waals surface area contributed by atoms with Crippen molar-refractivity contribution in [2.24, 2.45) is 5.92 Å². The fourth-order valence-electron chi connectivity index (χ4n) is 2.66.